The fourth-order valence-electron chi connectivity index (χ4n) is 5.77. The fraction of sp³-hybridized carbons (Fsp3) is 0.600. The summed E-state index contributed by atoms with van der Waals surface area (Å²) in [5, 5.41) is 13.4. The minimum Gasteiger partial charge on any atom is -0.465 e. The van der Waals surface area contributed by atoms with Crippen LogP contribution in [-0.2, 0) is 20.8 Å². The van der Waals surface area contributed by atoms with Gasteiger partial charge in [0.2, 0.25) is 5.91 Å². The molecule has 42 heavy (non-hydrogen) atoms. The van der Waals surface area contributed by atoms with Gasteiger partial charge in [0.25, 0.3) is 0 Å². The molecule has 2 fully saturated rings. The fourth-order valence-corrected chi connectivity index (χ4v) is 6.04. The Morgan fingerprint density at radius 3 is 2.48 bits per heavy atom. The van der Waals surface area contributed by atoms with E-state index < -0.39 is 24.1 Å². The van der Waals surface area contributed by atoms with Gasteiger partial charge in [-0.05, 0) is 25.2 Å². The first-order valence-corrected chi connectivity index (χ1v) is 15.0. The summed E-state index contributed by atoms with van der Waals surface area (Å²) in [6.07, 6.45) is 0.919. The molecular weight excluding hydrogens is 562 g/mol. The number of halogens is 1. The van der Waals surface area contributed by atoms with E-state index in [0.717, 1.165) is 18.4 Å². The lowest BCUT2D eigenvalue weighted by Crippen LogP contribution is -2.58. The number of carboxylic acid groups (broad SMARTS) is 1. The number of hydrogen-bond donors (Lipinski definition) is 2. The summed E-state index contributed by atoms with van der Waals surface area (Å²) in [6, 6.07) is 8.56. The number of aromatic nitrogens is 2. The van der Waals surface area contributed by atoms with Crippen LogP contribution in [0.1, 0.15) is 43.6 Å². The van der Waals surface area contributed by atoms with E-state index in [9.17, 15) is 19.5 Å². The van der Waals surface area contributed by atoms with Gasteiger partial charge in [-0.25, -0.2) is 9.78 Å². The van der Waals surface area contributed by atoms with Gasteiger partial charge in [-0.1, -0.05) is 55.8 Å². The average molecular weight is 604 g/mol. The van der Waals surface area contributed by atoms with Crippen LogP contribution < -0.4 is 5.32 Å². The average Bonchev–Trinajstić information content (AvgIpc) is 3.33. The maximum absolute atomic E-state index is 14.3. The highest BCUT2D eigenvalue weighted by Gasteiger charge is 2.39. The normalized spacial score (nSPS) is 20.1. The Kier molecular flexibility index (Phi) is 11.4. The topological polar surface area (TPSA) is 126 Å². The number of ketones is 1. The van der Waals surface area contributed by atoms with Gasteiger partial charge in [0.15, 0.2) is 10.9 Å². The minimum absolute atomic E-state index is 0.0758. The Morgan fingerprint density at radius 2 is 1.83 bits per heavy atom. The summed E-state index contributed by atoms with van der Waals surface area (Å²) in [6.45, 7) is 7.25. The molecule has 0 radical (unpaired) electrons. The molecule has 2 aromatic rings. The van der Waals surface area contributed by atoms with Crippen LogP contribution in [0.15, 0.2) is 30.3 Å². The van der Waals surface area contributed by atoms with Gasteiger partial charge in [0, 0.05) is 58.0 Å². The first-order chi connectivity index (χ1) is 20.2. The van der Waals surface area contributed by atoms with E-state index >= 15 is 0 Å². The Bertz CT molecular complexity index is 1220. The van der Waals surface area contributed by atoms with E-state index in [2.05, 4.69) is 10.3 Å². The van der Waals surface area contributed by atoms with Gasteiger partial charge in [-0.3, -0.25) is 9.59 Å². The lowest BCUT2D eigenvalue weighted by Gasteiger charge is -2.40. The third-order valence-electron chi connectivity index (χ3n) is 7.93. The molecule has 2 N–H and O–H groups in total. The number of carbonyl (C=O) groups excluding carboxylic acids is 2. The summed E-state index contributed by atoms with van der Waals surface area (Å²) >= 11 is 6.69. The summed E-state index contributed by atoms with van der Waals surface area (Å²) in [4.78, 5) is 47.3. The Morgan fingerprint density at radius 1 is 1.12 bits per heavy atom. The van der Waals surface area contributed by atoms with Crippen molar-refractivity contribution in [2.24, 2.45) is 11.8 Å². The summed E-state index contributed by atoms with van der Waals surface area (Å²) < 4.78 is 12.5. The minimum atomic E-state index is -1.08. The molecule has 0 saturated carbocycles. The number of hydrogen-bond acceptors (Lipinski definition) is 7. The quantitative estimate of drug-likeness (QED) is 0.278. The third-order valence-corrected chi connectivity index (χ3v) is 8.19. The number of nitrogens with zero attached hydrogens (tertiary/aromatic N) is 4. The molecule has 2 aliphatic rings. The zero-order valence-corrected chi connectivity index (χ0v) is 25.4. The highest BCUT2D eigenvalue weighted by Crippen LogP contribution is 2.29. The van der Waals surface area contributed by atoms with Crippen LogP contribution in [-0.4, -0.2) is 107 Å². The van der Waals surface area contributed by atoms with Crippen molar-refractivity contribution in [3.05, 3.63) is 41.2 Å². The van der Waals surface area contributed by atoms with Gasteiger partial charge in [-0.15, -0.1) is 0 Å². The molecule has 0 aliphatic carbocycles. The predicted octanol–water partition coefficient (Wildman–Crippen LogP) is 3.65. The van der Waals surface area contributed by atoms with Gasteiger partial charge >= 0.3 is 6.09 Å². The van der Waals surface area contributed by atoms with Crippen molar-refractivity contribution in [1.29, 1.82) is 0 Å². The maximum Gasteiger partial charge on any atom is 0.407 e. The molecule has 12 heteroatoms. The van der Waals surface area contributed by atoms with Crippen LogP contribution in [0, 0.1) is 11.8 Å². The molecule has 230 valence electrons. The molecule has 11 nitrogen and oxygen atoms in total. The number of ether oxygens (including phenoxy) is 2. The van der Waals surface area contributed by atoms with Gasteiger partial charge < -0.3 is 34.3 Å². The number of nitrogens with one attached hydrogen (secondary N) is 1. The molecular formula is C30H42ClN5O6. The van der Waals surface area contributed by atoms with E-state index in [-0.39, 0.29) is 35.9 Å². The summed E-state index contributed by atoms with van der Waals surface area (Å²) in [7, 11) is 1.66. The lowest BCUT2D eigenvalue weighted by atomic mass is 9.90. The van der Waals surface area contributed by atoms with Crippen molar-refractivity contribution in [2.75, 3.05) is 53.1 Å². The molecule has 1 unspecified atom stereocenters. The van der Waals surface area contributed by atoms with Crippen LogP contribution in [0.2, 0.25) is 5.15 Å². The van der Waals surface area contributed by atoms with E-state index in [1.807, 2.05) is 48.7 Å². The van der Waals surface area contributed by atoms with Crippen LogP contribution >= 0.6 is 11.6 Å². The van der Waals surface area contributed by atoms with Crippen molar-refractivity contribution in [1.82, 2.24) is 24.7 Å². The number of carbonyl (C=O) groups is 3. The standard InChI is InChI=1S/C30H42ClN5O6/c1-20(2)24(32-23-17-22(18-35(19-23)30(39)40)29(38)34-12-15-42-16-13-34)26(37)25-27(31)33-28(21-9-5-4-6-10-21)36(25)11-7-8-14-41-3/h4-6,9-10,20,22-24,32H,7-8,11-19H2,1-3H3,(H,39,40)/t22-,23+,24?/m1/s1. The van der Waals surface area contributed by atoms with Crippen molar-refractivity contribution in [2.45, 2.75) is 51.7 Å². The van der Waals surface area contributed by atoms with Gasteiger partial charge in [-0.2, -0.15) is 0 Å². The maximum atomic E-state index is 14.3. The van der Waals surface area contributed by atoms with Gasteiger partial charge in [0.1, 0.15) is 11.5 Å². The molecule has 3 heterocycles. The van der Waals surface area contributed by atoms with Crippen LogP contribution in [0.3, 0.4) is 0 Å². The molecule has 1 aromatic heterocycles. The molecule has 2 saturated heterocycles. The van der Waals surface area contributed by atoms with Gasteiger partial charge in [0.05, 0.1) is 25.2 Å². The Balaban J connectivity index is 1.60. The van der Waals surface area contributed by atoms with Crippen molar-refractivity contribution >= 4 is 29.4 Å². The Labute approximate surface area is 252 Å². The number of imidazole rings is 1. The highest BCUT2D eigenvalue weighted by molar-refractivity contribution is 6.33. The molecule has 2 amide bonds. The van der Waals surface area contributed by atoms with Crippen LogP contribution in [0.25, 0.3) is 11.4 Å². The molecule has 0 spiro atoms. The number of likely N-dealkylation sites (tertiary alicyclic amines) is 1. The first-order valence-electron chi connectivity index (χ1n) is 14.7. The molecule has 2 aliphatic heterocycles. The largest absolute Gasteiger partial charge is 0.465 e. The van der Waals surface area contributed by atoms with E-state index in [1.165, 1.54) is 4.90 Å². The van der Waals surface area contributed by atoms with Crippen LogP contribution in [0.5, 0.6) is 0 Å². The van der Waals surface area contributed by atoms with E-state index in [4.69, 9.17) is 21.1 Å². The third kappa shape index (κ3) is 7.69. The Hall–Kier alpha value is -2.99. The smallest absolute Gasteiger partial charge is 0.407 e. The second-order valence-electron chi connectivity index (χ2n) is 11.3. The number of methoxy groups -OCH3 is 1. The predicted molar refractivity (Wildman–Crippen MR) is 159 cm³/mol. The summed E-state index contributed by atoms with van der Waals surface area (Å²) in [5.74, 6) is -0.310. The number of morpholine rings is 1. The van der Waals surface area contributed by atoms with E-state index in [0.29, 0.717) is 57.4 Å². The first kappa shape index (κ1) is 31.9. The molecule has 4 rings (SSSR count). The zero-order chi connectivity index (χ0) is 30.2. The zero-order valence-electron chi connectivity index (χ0n) is 24.6. The van der Waals surface area contributed by atoms with Crippen molar-refractivity contribution in [3.8, 4) is 11.4 Å². The molecule has 3 atom stereocenters. The highest BCUT2D eigenvalue weighted by atomic mass is 35.5. The number of rotatable bonds is 12. The number of amides is 2. The summed E-state index contributed by atoms with van der Waals surface area (Å²) in [5.41, 5.74) is 1.18. The monoisotopic (exact) mass is 603 g/mol. The van der Waals surface area contributed by atoms with E-state index in [1.54, 1.807) is 12.0 Å². The second kappa shape index (κ2) is 15.0. The van der Waals surface area contributed by atoms with Crippen LogP contribution in [0.4, 0.5) is 4.79 Å². The SMILES string of the molecule is COCCCCn1c(-c2ccccc2)nc(Cl)c1C(=O)C(N[C@H]1C[C@@H](C(=O)N2CCOCC2)CN(C(=O)O)C1)C(C)C. The lowest BCUT2D eigenvalue weighted by molar-refractivity contribution is -0.141. The number of Topliss-reactive ketones (excluding diaryl/α,β-unsaturated/α-hetero) is 1. The number of unbranched alkanes of at least 4 members (excludes halogenated alkanes) is 1. The molecule has 0 bridgehead atoms. The van der Waals surface area contributed by atoms with Crippen molar-refractivity contribution in [3.63, 3.8) is 0 Å². The number of benzene rings is 1. The van der Waals surface area contributed by atoms with Crippen molar-refractivity contribution < 1.29 is 29.0 Å². The second-order valence-corrected chi connectivity index (χ2v) is 11.7. The number of piperidine rings is 1. The molecule has 1 aromatic carbocycles.